The number of hydrogen-bond acceptors (Lipinski definition) is 4. The summed E-state index contributed by atoms with van der Waals surface area (Å²) < 4.78 is 1.68. The molecule has 0 radical (unpaired) electrons. The van der Waals surface area contributed by atoms with Gasteiger partial charge in [-0.05, 0) is 37.3 Å². The van der Waals surface area contributed by atoms with E-state index >= 15 is 0 Å². The van der Waals surface area contributed by atoms with E-state index < -0.39 is 0 Å². The number of aromatic nitrogens is 3. The maximum atomic E-state index is 12.5. The van der Waals surface area contributed by atoms with Crippen LogP contribution in [-0.2, 0) is 0 Å². The summed E-state index contributed by atoms with van der Waals surface area (Å²) in [6.07, 6.45) is 1.67. The van der Waals surface area contributed by atoms with Crippen molar-refractivity contribution in [1.82, 2.24) is 14.6 Å². The summed E-state index contributed by atoms with van der Waals surface area (Å²) in [5, 5.41) is 9.80. The highest BCUT2D eigenvalue weighted by Crippen LogP contribution is 2.28. The number of carbonyl (C=O) groups excluding carboxylic acids is 1. The maximum absolute atomic E-state index is 12.5. The van der Waals surface area contributed by atoms with Crippen LogP contribution < -0.4 is 0 Å². The molecule has 8 heteroatoms. The smallest absolute Gasteiger partial charge is 0.196 e. The SMILES string of the molecule is CC(Sc1nnc2c(Cl)cc(Cl)cn12)C(=O)c1ccc(Cl)cc1. The average Bonchev–Trinajstić information content (AvgIpc) is 2.90. The van der Waals surface area contributed by atoms with Gasteiger partial charge >= 0.3 is 0 Å². The average molecular weight is 387 g/mol. The van der Waals surface area contributed by atoms with Gasteiger partial charge in [0.05, 0.1) is 15.3 Å². The quantitative estimate of drug-likeness (QED) is 0.465. The Hall–Kier alpha value is -1.27. The third-order valence-electron chi connectivity index (χ3n) is 3.18. The Bertz CT molecular complexity index is 880. The molecule has 0 aliphatic heterocycles. The first-order chi connectivity index (χ1) is 11.0. The van der Waals surface area contributed by atoms with Crippen LogP contribution in [0.5, 0.6) is 0 Å². The van der Waals surface area contributed by atoms with Gasteiger partial charge in [0, 0.05) is 16.8 Å². The number of nitrogens with zero attached hydrogens (tertiary/aromatic N) is 3. The molecule has 0 spiro atoms. The van der Waals surface area contributed by atoms with Gasteiger partial charge in [-0.2, -0.15) is 0 Å². The zero-order chi connectivity index (χ0) is 16.6. The number of rotatable bonds is 4. The lowest BCUT2D eigenvalue weighted by Crippen LogP contribution is -2.14. The molecule has 0 N–H and O–H groups in total. The van der Waals surface area contributed by atoms with Gasteiger partial charge in [0.2, 0.25) is 0 Å². The Kier molecular flexibility index (Phi) is 4.82. The van der Waals surface area contributed by atoms with Gasteiger partial charge < -0.3 is 0 Å². The standard InChI is InChI=1S/C15H10Cl3N3OS/c1-8(13(22)9-2-4-10(16)5-3-9)23-15-20-19-14-12(18)6-11(17)7-21(14)15/h2-8H,1H3. The Balaban J connectivity index is 1.86. The number of benzene rings is 1. The molecule has 1 aromatic carbocycles. The fraction of sp³-hybridized carbons (Fsp3) is 0.133. The van der Waals surface area contributed by atoms with Crippen molar-refractivity contribution in [1.29, 1.82) is 0 Å². The number of fused-ring (bicyclic) bond motifs is 1. The largest absolute Gasteiger partial charge is 0.293 e. The minimum absolute atomic E-state index is 0.0171. The van der Waals surface area contributed by atoms with Crippen molar-refractivity contribution >= 4 is 58.0 Å². The molecule has 0 amide bonds. The minimum Gasteiger partial charge on any atom is -0.293 e. The first-order valence-corrected chi connectivity index (χ1v) is 8.63. The number of thioether (sulfide) groups is 1. The van der Waals surface area contributed by atoms with Crippen molar-refractivity contribution in [3.63, 3.8) is 0 Å². The Labute approximate surface area is 151 Å². The monoisotopic (exact) mass is 385 g/mol. The molecule has 2 heterocycles. The molecule has 0 aliphatic carbocycles. The molecule has 0 saturated carbocycles. The van der Waals surface area contributed by atoms with Crippen molar-refractivity contribution in [2.45, 2.75) is 17.3 Å². The summed E-state index contributed by atoms with van der Waals surface area (Å²) in [5.74, 6) is -0.0171. The normalized spacial score (nSPS) is 12.5. The Morgan fingerprint density at radius 1 is 1.13 bits per heavy atom. The number of hydrogen-bond donors (Lipinski definition) is 0. The molecule has 0 bridgehead atoms. The molecule has 4 nitrogen and oxygen atoms in total. The first-order valence-electron chi connectivity index (χ1n) is 6.62. The van der Waals surface area contributed by atoms with E-state index in [1.807, 2.05) is 6.92 Å². The van der Waals surface area contributed by atoms with Crippen LogP contribution in [0.25, 0.3) is 5.65 Å². The Morgan fingerprint density at radius 2 is 1.83 bits per heavy atom. The maximum Gasteiger partial charge on any atom is 0.196 e. The van der Waals surface area contributed by atoms with Crippen LogP contribution in [0.15, 0.2) is 41.7 Å². The zero-order valence-corrected chi connectivity index (χ0v) is 14.9. The van der Waals surface area contributed by atoms with Gasteiger partial charge in [-0.3, -0.25) is 9.20 Å². The van der Waals surface area contributed by atoms with Gasteiger partial charge in [0.25, 0.3) is 0 Å². The lowest BCUT2D eigenvalue weighted by Gasteiger charge is -2.09. The van der Waals surface area contributed by atoms with Gasteiger partial charge in [0.15, 0.2) is 16.6 Å². The molecule has 1 atom stereocenters. The molecule has 23 heavy (non-hydrogen) atoms. The predicted molar refractivity (Wildman–Crippen MR) is 94.1 cm³/mol. The van der Waals surface area contributed by atoms with Gasteiger partial charge in [-0.15, -0.1) is 10.2 Å². The van der Waals surface area contributed by atoms with Crippen LogP contribution in [0.3, 0.4) is 0 Å². The minimum atomic E-state index is -0.346. The molecule has 0 aliphatic rings. The van der Waals surface area contributed by atoms with Gasteiger partial charge in [-0.1, -0.05) is 46.6 Å². The van der Waals surface area contributed by atoms with E-state index in [4.69, 9.17) is 34.8 Å². The van der Waals surface area contributed by atoms with Crippen LogP contribution in [-0.4, -0.2) is 25.6 Å². The van der Waals surface area contributed by atoms with Crippen LogP contribution in [0.4, 0.5) is 0 Å². The zero-order valence-electron chi connectivity index (χ0n) is 11.8. The van der Waals surface area contributed by atoms with E-state index in [9.17, 15) is 4.79 Å². The van der Waals surface area contributed by atoms with Crippen LogP contribution in [0, 0.1) is 0 Å². The van der Waals surface area contributed by atoms with Crippen molar-refractivity contribution < 1.29 is 4.79 Å². The summed E-state index contributed by atoms with van der Waals surface area (Å²) >= 11 is 19.2. The van der Waals surface area contributed by atoms with Gasteiger partial charge in [0.1, 0.15) is 0 Å². The molecule has 3 aromatic rings. The topological polar surface area (TPSA) is 47.3 Å². The predicted octanol–water partition coefficient (Wildman–Crippen LogP) is 5.05. The van der Waals surface area contributed by atoms with E-state index in [2.05, 4.69) is 10.2 Å². The van der Waals surface area contributed by atoms with Crippen molar-refractivity contribution in [2.75, 3.05) is 0 Å². The highest BCUT2D eigenvalue weighted by Gasteiger charge is 2.20. The van der Waals surface area contributed by atoms with Crippen LogP contribution >= 0.6 is 46.6 Å². The van der Waals surface area contributed by atoms with Crippen molar-refractivity contribution in [3.05, 3.63) is 57.2 Å². The third kappa shape index (κ3) is 3.48. The summed E-state index contributed by atoms with van der Waals surface area (Å²) in [6.45, 7) is 1.81. The van der Waals surface area contributed by atoms with E-state index in [0.29, 0.717) is 31.4 Å². The van der Waals surface area contributed by atoms with E-state index in [1.165, 1.54) is 11.8 Å². The van der Waals surface area contributed by atoms with Crippen molar-refractivity contribution in [2.24, 2.45) is 0 Å². The van der Waals surface area contributed by atoms with E-state index in [-0.39, 0.29) is 11.0 Å². The summed E-state index contributed by atoms with van der Waals surface area (Å²) in [6, 6.07) is 8.40. The lowest BCUT2D eigenvalue weighted by molar-refractivity contribution is 0.0994. The molecule has 0 fully saturated rings. The fourth-order valence-corrected chi connectivity index (χ4v) is 3.58. The number of carbonyl (C=O) groups is 1. The van der Waals surface area contributed by atoms with Crippen LogP contribution in [0.2, 0.25) is 15.1 Å². The molecule has 1 unspecified atom stereocenters. The molecular weight excluding hydrogens is 377 g/mol. The second kappa shape index (κ2) is 6.69. The fourth-order valence-electron chi connectivity index (χ4n) is 2.04. The number of pyridine rings is 1. The lowest BCUT2D eigenvalue weighted by atomic mass is 10.1. The third-order valence-corrected chi connectivity index (χ3v) is 4.97. The summed E-state index contributed by atoms with van der Waals surface area (Å²) in [7, 11) is 0. The highest BCUT2D eigenvalue weighted by atomic mass is 35.5. The van der Waals surface area contributed by atoms with E-state index in [0.717, 1.165) is 0 Å². The second-order valence-corrected chi connectivity index (χ2v) is 7.40. The number of ketones is 1. The number of Topliss-reactive ketones (excluding diaryl/α,β-unsaturated/α-hetero) is 1. The second-order valence-electron chi connectivity index (χ2n) is 4.81. The summed E-state index contributed by atoms with van der Waals surface area (Å²) in [4.78, 5) is 12.5. The molecule has 118 valence electrons. The van der Waals surface area contributed by atoms with Crippen molar-refractivity contribution in [3.8, 4) is 0 Å². The highest BCUT2D eigenvalue weighted by molar-refractivity contribution is 8.00. The molecular formula is C15H10Cl3N3OS. The Morgan fingerprint density at radius 3 is 2.52 bits per heavy atom. The molecule has 0 saturated heterocycles. The first kappa shape index (κ1) is 16.6. The van der Waals surface area contributed by atoms with Crippen LogP contribution in [0.1, 0.15) is 17.3 Å². The molecule has 3 rings (SSSR count). The molecule has 2 aromatic heterocycles. The summed E-state index contributed by atoms with van der Waals surface area (Å²) in [5.41, 5.74) is 1.10. The van der Waals surface area contributed by atoms with Gasteiger partial charge in [-0.25, -0.2) is 0 Å². The van der Waals surface area contributed by atoms with E-state index in [1.54, 1.807) is 40.9 Å². The number of halogens is 3.